The molecule has 0 aliphatic carbocycles. The van der Waals surface area contributed by atoms with Gasteiger partial charge in [-0.2, -0.15) is 0 Å². The fraction of sp³-hybridized carbons (Fsp3) is 0.214. The molecule has 5 nitrogen and oxygen atoms in total. The van der Waals surface area contributed by atoms with E-state index >= 15 is 0 Å². The third-order valence-corrected chi connectivity index (χ3v) is 4.30. The molecular formula is C14H16BrN3O2S. The van der Waals surface area contributed by atoms with E-state index in [9.17, 15) is 8.42 Å². The maximum absolute atomic E-state index is 11.1. The van der Waals surface area contributed by atoms with E-state index in [0.29, 0.717) is 0 Å². The number of pyridine rings is 1. The minimum Gasteiger partial charge on any atom is -0.312 e. The fourth-order valence-electron chi connectivity index (χ4n) is 1.86. The first-order valence-electron chi connectivity index (χ1n) is 6.37. The van der Waals surface area contributed by atoms with Gasteiger partial charge in [-0.05, 0) is 58.2 Å². The van der Waals surface area contributed by atoms with Crippen LogP contribution in [0.5, 0.6) is 0 Å². The molecule has 0 aliphatic rings. The smallest absolute Gasteiger partial charge is 0.238 e. The molecule has 7 heteroatoms. The third-order valence-electron chi connectivity index (χ3n) is 2.93. The molecule has 1 aromatic carbocycles. The van der Waals surface area contributed by atoms with Crippen LogP contribution in [0.2, 0.25) is 0 Å². The lowest BCUT2D eigenvalue weighted by atomic mass is 10.1. The maximum atomic E-state index is 11.1. The molecule has 0 aliphatic heterocycles. The summed E-state index contributed by atoms with van der Waals surface area (Å²) < 4.78 is 23.2. The predicted molar refractivity (Wildman–Crippen MR) is 85.2 cm³/mol. The average Bonchev–Trinajstić information content (AvgIpc) is 2.43. The molecule has 0 spiro atoms. The first-order valence-corrected chi connectivity index (χ1v) is 8.71. The van der Waals surface area contributed by atoms with Gasteiger partial charge in [0.05, 0.1) is 4.90 Å². The summed E-state index contributed by atoms with van der Waals surface area (Å²) in [6, 6.07) is 8.64. The van der Waals surface area contributed by atoms with Gasteiger partial charge < -0.3 is 5.32 Å². The summed E-state index contributed by atoms with van der Waals surface area (Å²) in [5.41, 5.74) is 2.16. The molecule has 3 N–H and O–H groups in total. The van der Waals surface area contributed by atoms with Crippen LogP contribution < -0.4 is 10.5 Å². The Morgan fingerprint density at radius 1 is 1.14 bits per heavy atom. The number of hydrogen-bond acceptors (Lipinski definition) is 4. The molecule has 112 valence electrons. The molecule has 21 heavy (non-hydrogen) atoms. The van der Waals surface area contributed by atoms with Gasteiger partial charge >= 0.3 is 0 Å². The zero-order valence-corrected chi connectivity index (χ0v) is 13.7. The number of primary sulfonamides is 1. The summed E-state index contributed by atoms with van der Waals surface area (Å²) in [6.07, 6.45) is 4.38. The highest BCUT2D eigenvalue weighted by atomic mass is 79.9. The van der Waals surface area contributed by atoms with Crippen LogP contribution in [0.4, 0.5) is 0 Å². The van der Waals surface area contributed by atoms with E-state index in [4.69, 9.17) is 5.14 Å². The van der Waals surface area contributed by atoms with Crippen molar-refractivity contribution in [2.24, 2.45) is 5.14 Å². The Morgan fingerprint density at radius 2 is 1.86 bits per heavy atom. The molecule has 0 fully saturated rings. The summed E-state index contributed by atoms with van der Waals surface area (Å²) in [5.74, 6) is 0. The molecule has 1 heterocycles. The number of halogens is 1. The van der Waals surface area contributed by atoms with Crippen LogP contribution in [0.25, 0.3) is 0 Å². The van der Waals surface area contributed by atoms with Crippen LogP contribution in [0.15, 0.2) is 52.1 Å². The zero-order chi connectivity index (χ0) is 15.3. The van der Waals surface area contributed by atoms with Gasteiger partial charge in [0.25, 0.3) is 0 Å². The van der Waals surface area contributed by atoms with Crippen molar-refractivity contribution < 1.29 is 8.42 Å². The van der Waals surface area contributed by atoms with E-state index in [2.05, 4.69) is 26.2 Å². The normalized spacial score (nSPS) is 11.5. The second-order valence-electron chi connectivity index (χ2n) is 4.63. The van der Waals surface area contributed by atoms with E-state index in [1.165, 1.54) is 12.1 Å². The Morgan fingerprint density at radius 3 is 2.48 bits per heavy atom. The molecule has 2 aromatic rings. The van der Waals surface area contributed by atoms with Crippen molar-refractivity contribution >= 4 is 26.0 Å². The first-order chi connectivity index (χ1) is 9.95. The van der Waals surface area contributed by atoms with Gasteiger partial charge in [-0.3, -0.25) is 4.98 Å². The minimum atomic E-state index is -3.61. The number of rotatable bonds is 6. The Hall–Kier alpha value is -1.28. The molecule has 2 rings (SSSR count). The van der Waals surface area contributed by atoms with Gasteiger partial charge in [0.1, 0.15) is 0 Å². The number of nitrogens with zero attached hydrogens (tertiary/aromatic N) is 1. The summed E-state index contributed by atoms with van der Waals surface area (Å²) in [7, 11) is -3.61. The number of sulfonamides is 1. The minimum absolute atomic E-state index is 0.138. The van der Waals surface area contributed by atoms with Crippen LogP contribution in [-0.4, -0.2) is 19.9 Å². The van der Waals surface area contributed by atoms with Gasteiger partial charge in [-0.1, -0.05) is 12.1 Å². The fourth-order valence-corrected chi connectivity index (χ4v) is 2.79. The van der Waals surface area contributed by atoms with Crippen LogP contribution in [-0.2, 0) is 23.0 Å². The standard InChI is InChI=1S/C14H16BrN3O2S/c15-13-7-12(9-18-10-13)8-17-6-5-11-1-3-14(4-2-11)21(16,19)20/h1-4,7,9-10,17H,5-6,8H2,(H2,16,19,20). The van der Waals surface area contributed by atoms with Crippen molar-refractivity contribution in [1.29, 1.82) is 0 Å². The number of nitrogens with one attached hydrogen (secondary N) is 1. The van der Waals surface area contributed by atoms with E-state index in [1.54, 1.807) is 18.3 Å². The van der Waals surface area contributed by atoms with Gasteiger partial charge in [0, 0.05) is 23.4 Å². The molecule has 0 atom stereocenters. The van der Waals surface area contributed by atoms with Crippen molar-refractivity contribution in [3.8, 4) is 0 Å². The second-order valence-corrected chi connectivity index (χ2v) is 7.10. The monoisotopic (exact) mass is 369 g/mol. The number of aromatic nitrogens is 1. The predicted octanol–water partition coefficient (Wildman–Crippen LogP) is 1.82. The highest BCUT2D eigenvalue weighted by molar-refractivity contribution is 9.10. The number of nitrogens with two attached hydrogens (primary N) is 1. The zero-order valence-electron chi connectivity index (χ0n) is 11.3. The second kappa shape index (κ2) is 7.13. The van der Waals surface area contributed by atoms with E-state index < -0.39 is 10.0 Å². The summed E-state index contributed by atoms with van der Waals surface area (Å²) in [6.45, 7) is 1.53. The van der Waals surface area contributed by atoms with Gasteiger partial charge in [0.15, 0.2) is 0 Å². The SMILES string of the molecule is NS(=O)(=O)c1ccc(CCNCc2cncc(Br)c2)cc1. The van der Waals surface area contributed by atoms with Crippen molar-refractivity contribution in [1.82, 2.24) is 10.3 Å². The Kier molecular flexibility index (Phi) is 5.46. The topological polar surface area (TPSA) is 85.1 Å². The van der Waals surface area contributed by atoms with E-state index in [1.807, 2.05) is 12.3 Å². The van der Waals surface area contributed by atoms with Crippen molar-refractivity contribution in [3.63, 3.8) is 0 Å². The van der Waals surface area contributed by atoms with Gasteiger partial charge in [0.2, 0.25) is 10.0 Å². The molecule has 0 amide bonds. The molecule has 0 bridgehead atoms. The Labute approximate surface area is 132 Å². The molecule has 0 unspecified atom stereocenters. The van der Waals surface area contributed by atoms with Gasteiger partial charge in [-0.25, -0.2) is 13.6 Å². The number of hydrogen-bond donors (Lipinski definition) is 2. The largest absolute Gasteiger partial charge is 0.312 e. The lowest BCUT2D eigenvalue weighted by molar-refractivity contribution is 0.597. The molecular weight excluding hydrogens is 354 g/mol. The highest BCUT2D eigenvalue weighted by Gasteiger charge is 2.06. The molecule has 0 saturated heterocycles. The van der Waals surface area contributed by atoms with Crippen LogP contribution in [0, 0.1) is 0 Å². The third kappa shape index (κ3) is 5.20. The van der Waals surface area contributed by atoms with Crippen LogP contribution in [0.1, 0.15) is 11.1 Å². The quantitative estimate of drug-likeness (QED) is 0.760. The first kappa shape index (κ1) is 16.1. The molecule has 1 aromatic heterocycles. The van der Waals surface area contributed by atoms with Crippen molar-refractivity contribution in [2.75, 3.05) is 6.54 Å². The van der Waals surface area contributed by atoms with Gasteiger partial charge in [-0.15, -0.1) is 0 Å². The average molecular weight is 370 g/mol. The molecule has 0 saturated carbocycles. The highest BCUT2D eigenvalue weighted by Crippen LogP contribution is 2.10. The summed E-state index contributed by atoms with van der Waals surface area (Å²) >= 11 is 3.38. The Bertz CT molecular complexity index is 702. The summed E-state index contributed by atoms with van der Waals surface area (Å²) in [5, 5.41) is 8.37. The number of benzene rings is 1. The Balaban J connectivity index is 1.81. The molecule has 0 radical (unpaired) electrons. The van der Waals surface area contributed by atoms with Crippen LogP contribution >= 0.6 is 15.9 Å². The maximum Gasteiger partial charge on any atom is 0.238 e. The van der Waals surface area contributed by atoms with E-state index in [0.717, 1.165) is 35.1 Å². The lowest BCUT2D eigenvalue weighted by Gasteiger charge is -2.06. The summed E-state index contributed by atoms with van der Waals surface area (Å²) in [4.78, 5) is 4.24. The van der Waals surface area contributed by atoms with Crippen molar-refractivity contribution in [3.05, 3.63) is 58.3 Å². The van der Waals surface area contributed by atoms with E-state index in [-0.39, 0.29) is 4.90 Å². The lowest BCUT2D eigenvalue weighted by Crippen LogP contribution is -2.17. The van der Waals surface area contributed by atoms with Crippen molar-refractivity contribution in [2.45, 2.75) is 17.9 Å². The van der Waals surface area contributed by atoms with Crippen LogP contribution in [0.3, 0.4) is 0 Å².